The molecular formula is C19H25F2I. The molecule has 0 aliphatic heterocycles. The molecular weight excluding hydrogens is 393 g/mol. The third-order valence-electron chi connectivity index (χ3n) is 5.90. The molecule has 3 heteroatoms. The largest absolute Gasteiger partial charge is 0.206 e. The van der Waals surface area contributed by atoms with Crippen LogP contribution >= 0.6 is 22.6 Å². The maximum absolute atomic E-state index is 13.8. The average molecular weight is 418 g/mol. The van der Waals surface area contributed by atoms with Crippen molar-refractivity contribution in [3.8, 4) is 0 Å². The van der Waals surface area contributed by atoms with Gasteiger partial charge in [-0.25, -0.2) is 8.78 Å². The number of benzene rings is 1. The van der Waals surface area contributed by atoms with Gasteiger partial charge in [0.15, 0.2) is 0 Å². The van der Waals surface area contributed by atoms with Gasteiger partial charge >= 0.3 is 0 Å². The topological polar surface area (TPSA) is 0 Å². The minimum Gasteiger partial charge on any atom is -0.206 e. The SMILES string of the molecule is CCCC1CCC2CC(c3cc(F)c(I)c(F)c3)CCC2C1. The van der Waals surface area contributed by atoms with Crippen LogP contribution in [0.2, 0.25) is 0 Å². The van der Waals surface area contributed by atoms with Crippen LogP contribution in [0.5, 0.6) is 0 Å². The van der Waals surface area contributed by atoms with Gasteiger partial charge < -0.3 is 0 Å². The van der Waals surface area contributed by atoms with E-state index in [9.17, 15) is 8.78 Å². The fraction of sp³-hybridized carbons (Fsp3) is 0.684. The van der Waals surface area contributed by atoms with Crippen LogP contribution in [0.1, 0.15) is 69.8 Å². The lowest BCUT2D eigenvalue weighted by Crippen LogP contribution is -2.30. The van der Waals surface area contributed by atoms with Crippen molar-refractivity contribution in [2.45, 2.75) is 64.2 Å². The molecule has 1 aromatic rings. The van der Waals surface area contributed by atoms with Crippen LogP contribution in [-0.4, -0.2) is 0 Å². The molecule has 0 amide bonds. The minimum absolute atomic E-state index is 0.120. The van der Waals surface area contributed by atoms with Crippen LogP contribution in [0.4, 0.5) is 8.78 Å². The molecule has 2 aliphatic rings. The Morgan fingerprint density at radius 3 is 2.32 bits per heavy atom. The fourth-order valence-electron chi connectivity index (χ4n) is 4.77. The Kier molecular flexibility index (Phi) is 5.41. The predicted octanol–water partition coefficient (Wildman–Crippen LogP) is 6.67. The second-order valence-electron chi connectivity index (χ2n) is 7.30. The minimum atomic E-state index is -0.399. The number of rotatable bonds is 3. The van der Waals surface area contributed by atoms with E-state index in [0.29, 0.717) is 5.92 Å². The van der Waals surface area contributed by atoms with E-state index in [1.54, 1.807) is 34.7 Å². The van der Waals surface area contributed by atoms with Gasteiger partial charge in [0, 0.05) is 0 Å². The Labute approximate surface area is 146 Å². The molecule has 3 rings (SSSR count). The maximum Gasteiger partial charge on any atom is 0.139 e. The third-order valence-corrected chi connectivity index (χ3v) is 6.93. The summed E-state index contributed by atoms with van der Waals surface area (Å²) in [6.07, 6.45) is 10.2. The molecule has 122 valence electrons. The van der Waals surface area contributed by atoms with Crippen LogP contribution in [0.25, 0.3) is 0 Å². The second-order valence-corrected chi connectivity index (χ2v) is 8.38. The van der Waals surface area contributed by atoms with Crippen LogP contribution in [0, 0.1) is 33.0 Å². The molecule has 0 radical (unpaired) electrons. The van der Waals surface area contributed by atoms with E-state index in [-0.39, 0.29) is 3.57 Å². The van der Waals surface area contributed by atoms with Gasteiger partial charge in [-0.15, -0.1) is 0 Å². The standard InChI is InChI=1S/C19H25F2I/c1-2-3-12-4-5-14-9-15(7-6-13(14)8-12)16-10-17(20)19(22)18(21)11-16/h10-15H,2-9H2,1H3. The average Bonchev–Trinajstić information content (AvgIpc) is 2.52. The van der Waals surface area contributed by atoms with E-state index >= 15 is 0 Å². The van der Waals surface area contributed by atoms with E-state index in [1.165, 1.54) is 38.5 Å². The normalized spacial score (nSPS) is 31.8. The zero-order valence-corrected chi connectivity index (χ0v) is 15.4. The quantitative estimate of drug-likeness (QED) is 0.380. The van der Waals surface area contributed by atoms with Crippen molar-refractivity contribution in [3.05, 3.63) is 32.9 Å². The monoisotopic (exact) mass is 418 g/mol. The highest BCUT2D eigenvalue weighted by Crippen LogP contribution is 2.48. The fourth-order valence-corrected chi connectivity index (χ4v) is 5.08. The molecule has 4 unspecified atom stereocenters. The lowest BCUT2D eigenvalue weighted by molar-refractivity contribution is 0.114. The molecule has 0 spiro atoms. The summed E-state index contributed by atoms with van der Waals surface area (Å²) in [5.74, 6) is 2.12. The van der Waals surface area contributed by atoms with Gasteiger partial charge in [0.25, 0.3) is 0 Å². The first-order valence-corrected chi connectivity index (χ1v) is 9.80. The molecule has 0 aromatic heterocycles. The van der Waals surface area contributed by atoms with Crippen molar-refractivity contribution < 1.29 is 8.78 Å². The Morgan fingerprint density at radius 1 is 1.00 bits per heavy atom. The van der Waals surface area contributed by atoms with Crippen molar-refractivity contribution in [3.63, 3.8) is 0 Å². The first-order valence-electron chi connectivity index (χ1n) is 8.72. The van der Waals surface area contributed by atoms with Crippen LogP contribution < -0.4 is 0 Å². The molecule has 0 N–H and O–H groups in total. The van der Waals surface area contributed by atoms with E-state index in [4.69, 9.17) is 0 Å². The summed E-state index contributed by atoms with van der Waals surface area (Å²) < 4.78 is 27.8. The molecule has 1 aromatic carbocycles. The molecule has 0 heterocycles. The van der Waals surface area contributed by atoms with E-state index in [1.807, 2.05) is 0 Å². The molecule has 0 nitrogen and oxygen atoms in total. The summed E-state index contributed by atoms with van der Waals surface area (Å²) in [6.45, 7) is 2.28. The smallest absolute Gasteiger partial charge is 0.139 e. The van der Waals surface area contributed by atoms with Gasteiger partial charge in [-0.1, -0.05) is 26.2 Å². The highest BCUT2D eigenvalue weighted by atomic mass is 127. The lowest BCUT2D eigenvalue weighted by Gasteiger charge is -2.42. The zero-order valence-electron chi connectivity index (χ0n) is 13.3. The van der Waals surface area contributed by atoms with Crippen molar-refractivity contribution in [2.24, 2.45) is 17.8 Å². The molecule has 22 heavy (non-hydrogen) atoms. The Morgan fingerprint density at radius 2 is 1.64 bits per heavy atom. The molecule has 0 saturated heterocycles. The van der Waals surface area contributed by atoms with Gasteiger partial charge in [0.1, 0.15) is 11.6 Å². The first kappa shape index (κ1) is 16.7. The Bertz CT molecular complexity index is 505. The third kappa shape index (κ3) is 3.49. The second kappa shape index (κ2) is 7.14. The van der Waals surface area contributed by atoms with Crippen LogP contribution in [-0.2, 0) is 0 Å². The van der Waals surface area contributed by atoms with E-state index in [2.05, 4.69) is 6.92 Å². The Hall–Kier alpha value is -0.190. The van der Waals surface area contributed by atoms with Gasteiger partial charge in [-0.2, -0.15) is 0 Å². The van der Waals surface area contributed by atoms with E-state index < -0.39 is 11.6 Å². The molecule has 0 bridgehead atoms. The van der Waals surface area contributed by atoms with Gasteiger partial charge in [0.2, 0.25) is 0 Å². The molecule has 4 atom stereocenters. The van der Waals surface area contributed by atoms with Crippen molar-refractivity contribution in [1.29, 1.82) is 0 Å². The van der Waals surface area contributed by atoms with Crippen LogP contribution in [0.3, 0.4) is 0 Å². The van der Waals surface area contributed by atoms with Crippen molar-refractivity contribution in [1.82, 2.24) is 0 Å². The Balaban J connectivity index is 1.68. The number of hydrogen-bond acceptors (Lipinski definition) is 0. The van der Waals surface area contributed by atoms with E-state index in [0.717, 1.165) is 36.2 Å². The maximum atomic E-state index is 13.8. The predicted molar refractivity (Wildman–Crippen MR) is 94.9 cm³/mol. The van der Waals surface area contributed by atoms with Gasteiger partial charge in [0.05, 0.1) is 3.57 Å². The van der Waals surface area contributed by atoms with Crippen LogP contribution in [0.15, 0.2) is 12.1 Å². The molecule has 2 saturated carbocycles. The molecule has 2 aliphatic carbocycles. The summed E-state index contributed by atoms with van der Waals surface area (Å²) in [5, 5.41) is 0. The number of halogens is 3. The molecule has 2 fully saturated rings. The summed E-state index contributed by atoms with van der Waals surface area (Å²) in [6, 6.07) is 3.14. The number of hydrogen-bond donors (Lipinski definition) is 0. The highest BCUT2D eigenvalue weighted by Gasteiger charge is 2.36. The van der Waals surface area contributed by atoms with Gasteiger partial charge in [-0.3, -0.25) is 0 Å². The summed E-state index contributed by atoms with van der Waals surface area (Å²) in [7, 11) is 0. The highest BCUT2D eigenvalue weighted by molar-refractivity contribution is 14.1. The number of fused-ring (bicyclic) bond motifs is 1. The summed E-state index contributed by atoms with van der Waals surface area (Å²) in [5.41, 5.74) is 0.879. The summed E-state index contributed by atoms with van der Waals surface area (Å²) in [4.78, 5) is 0. The lowest BCUT2D eigenvalue weighted by atomic mass is 9.63. The summed E-state index contributed by atoms with van der Waals surface area (Å²) >= 11 is 1.75. The first-order chi connectivity index (χ1) is 10.6. The van der Waals surface area contributed by atoms with Crippen molar-refractivity contribution in [2.75, 3.05) is 0 Å². The zero-order chi connectivity index (χ0) is 15.7. The van der Waals surface area contributed by atoms with Crippen molar-refractivity contribution >= 4 is 22.6 Å². The van der Waals surface area contributed by atoms with Gasteiger partial charge in [-0.05, 0) is 96.1 Å².